The number of thioether (sulfide) groups is 1. The minimum atomic E-state index is 0.618. The lowest BCUT2D eigenvalue weighted by atomic mass is 10.2. The van der Waals surface area contributed by atoms with Gasteiger partial charge in [0.05, 0.1) is 6.54 Å². The van der Waals surface area contributed by atoms with Crippen molar-refractivity contribution in [3.05, 3.63) is 11.7 Å². The molecule has 1 saturated heterocycles. The van der Waals surface area contributed by atoms with E-state index in [0.29, 0.717) is 11.9 Å². The molecule has 0 saturated carbocycles. The van der Waals surface area contributed by atoms with Crippen LogP contribution in [0.15, 0.2) is 4.52 Å². The van der Waals surface area contributed by atoms with E-state index in [0.717, 1.165) is 12.4 Å². The normalized spacial score (nSPS) is 22.5. The van der Waals surface area contributed by atoms with Crippen LogP contribution in [-0.2, 0) is 6.54 Å². The molecule has 4 nitrogen and oxygen atoms in total. The zero-order chi connectivity index (χ0) is 9.80. The minimum Gasteiger partial charge on any atom is -0.340 e. The number of nitrogens with zero attached hydrogens (tertiary/aromatic N) is 2. The van der Waals surface area contributed by atoms with Crippen molar-refractivity contribution >= 4 is 11.8 Å². The van der Waals surface area contributed by atoms with Gasteiger partial charge in [-0.25, -0.2) is 0 Å². The van der Waals surface area contributed by atoms with Crippen molar-refractivity contribution in [2.45, 2.75) is 32.4 Å². The first-order valence-corrected chi connectivity index (χ1v) is 6.10. The summed E-state index contributed by atoms with van der Waals surface area (Å²) in [6.45, 7) is 2.54. The highest BCUT2D eigenvalue weighted by Gasteiger charge is 2.13. The lowest BCUT2D eigenvalue weighted by molar-refractivity contribution is 0.383. The summed E-state index contributed by atoms with van der Waals surface area (Å²) < 4.78 is 4.90. The van der Waals surface area contributed by atoms with Crippen molar-refractivity contribution < 1.29 is 4.52 Å². The average Bonchev–Trinajstić information content (AvgIpc) is 2.63. The Hall–Kier alpha value is -0.550. The van der Waals surface area contributed by atoms with E-state index >= 15 is 0 Å². The maximum absolute atomic E-state index is 4.90. The summed E-state index contributed by atoms with van der Waals surface area (Å²) in [5.41, 5.74) is 0. The Bertz CT molecular complexity index is 283. The van der Waals surface area contributed by atoms with Crippen molar-refractivity contribution in [3.63, 3.8) is 0 Å². The third-order valence-electron chi connectivity index (χ3n) is 2.28. The van der Waals surface area contributed by atoms with Gasteiger partial charge >= 0.3 is 0 Å². The second-order valence-corrected chi connectivity index (χ2v) is 4.67. The minimum absolute atomic E-state index is 0.618. The second-order valence-electron chi connectivity index (χ2n) is 3.52. The van der Waals surface area contributed by atoms with Crippen LogP contribution in [0.1, 0.15) is 24.6 Å². The van der Waals surface area contributed by atoms with Crippen LogP contribution in [0.25, 0.3) is 0 Å². The molecule has 1 atom stereocenters. The molecule has 14 heavy (non-hydrogen) atoms. The molecule has 2 heterocycles. The summed E-state index contributed by atoms with van der Waals surface area (Å²) in [4.78, 5) is 4.15. The zero-order valence-electron chi connectivity index (χ0n) is 8.32. The highest BCUT2D eigenvalue weighted by molar-refractivity contribution is 7.99. The number of hydrogen-bond acceptors (Lipinski definition) is 5. The molecular weight excluding hydrogens is 198 g/mol. The van der Waals surface area contributed by atoms with E-state index in [4.69, 9.17) is 4.52 Å². The van der Waals surface area contributed by atoms with Crippen LogP contribution < -0.4 is 5.32 Å². The van der Waals surface area contributed by atoms with Crippen molar-refractivity contribution in [1.29, 1.82) is 0 Å². The van der Waals surface area contributed by atoms with Gasteiger partial charge in [0.25, 0.3) is 0 Å². The second kappa shape index (κ2) is 4.79. The molecule has 0 bridgehead atoms. The topological polar surface area (TPSA) is 51.0 Å². The molecular formula is C9H15N3OS. The molecule has 1 aliphatic heterocycles. The summed E-state index contributed by atoms with van der Waals surface area (Å²) in [7, 11) is 0. The summed E-state index contributed by atoms with van der Waals surface area (Å²) in [6.07, 6.45) is 2.58. The Morgan fingerprint density at radius 2 is 2.57 bits per heavy atom. The number of nitrogens with one attached hydrogen (secondary N) is 1. The number of hydrogen-bond donors (Lipinski definition) is 1. The van der Waals surface area contributed by atoms with Crippen LogP contribution >= 0.6 is 11.8 Å². The van der Waals surface area contributed by atoms with E-state index in [9.17, 15) is 0 Å². The molecule has 0 aliphatic carbocycles. The van der Waals surface area contributed by atoms with Crippen LogP contribution in [0.3, 0.4) is 0 Å². The summed E-state index contributed by atoms with van der Waals surface area (Å²) in [5.74, 6) is 3.91. The van der Waals surface area contributed by atoms with Gasteiger partial charge in [0.15, 0.2) is 5.82 Å². The Labute approximate surface area is 87.8 Å². The molecule has 78 valence electrons. The van der Waals surface area contributed by atoms with Crippen LogP contribution in [0.4, 0.5) is 0 Å². The van der Waals surface area contributed by atoms with E-state index in [1.54, 1.807) is 0 Å². The van der Waals surface area contributed by atoms with Gasteiger partial charge in [-0.3, -0.25) is 0 Å². The monoisotopic (exact) mass is 213 g/mol. The maximum Gasteiger partial charge on any atom is 0.223 e. The van der Waals surface area contributed by atoms with E-state index in [1.807, 2.05) is 18.7 Å². The lowest BCUT2D eigenvalue weighted by Gasteiger charge is -2.21. The maximum atomic E-state index is 4.90. The summed E-state index contributed by atoms with van der Waals surface area (Å²) in [6, 6.07) is 0.618. The average molecular weight is 213 g/mol. The van der Waals surface area contributed by atoms with Crippen LogP contribution in [0.5, 0.6) is 0 Å². The molecule has 1 aromatic heterocycles. The largest absolute Gasteiger partial charge is 0.340 e. The molecule has 2 rings (SSSR count). The molecule has 0 radical (unpaired) electrons. The first kappa shape index (κ1) is 9.98. The Morgan fingerprint density at radius 1 is 1.64 bits per heavy atom. The SMILES string of the molecule is Cc1nc(CNC2CCCSC2)no1. The smallest absolute Gasteiger partial charge is 0.223 e. The Morgan fingerprint density at radius 3 is 3.21 bits per heavy atom. The van der Waals surface area contributed by atoms with E-state index in [2.05, 4.69) is 15.5 Å². The highest BCUT2D eigenvalue weighted by Crippen LogP contribution is 2.16. The quantitative estimate of drug-likeness (QED) is 0.821. The molecule has 1 unspecified atom stereocenters. The third kappa shape index (κ3) is 2.72. The van der Waals surface area contributed by atoms with E-state index < -0.39 is 0 Å². The molecule has 0 aromatic carbocycles. The van der Waals surface area contributed by atoms with Gasteiger partial charge in [-0.1, -0.05) is 5.16 Å². The number of aryl methyl sites for hydroxylation is 1. The van der Waals surface area contributed by atoms with Gasteiger partial charge in [-0.05, 0) is 18.6 Å². The van der Waals surface area contributed by atoms with Crippen molar-refractivity contribution in [2.24, 2.45) is 0 Å². The first-order valence-electron chi connectivity index (χ1n) is 4.95. The fourth-order valence-corrected chi connectivity index (χ4v) is 2.66. The van der Waals surface area contributed by atoms with Gasteiger partial charge in [0, 0.05) is 18.7 Å². The van der Waals surface area contributed by atoms with Crippen molar-refractivity contribution in [3.8, 4) is 0 Å². The van der Waals surface area contributed by atoms with Gasteiger partial charge in [0.2, 0.25) is 5.89 Å². The van der Waals surface area contributed by atoms with Gasteiger partial charge in [-0.2, -0.15) is 16.7 Å². The predicted octanol–water partition coefficient (Wildman–Crippen LogP) is 1.36. The summed E-state index contributed by atoms with van der Waals surface area (Å²) in [5, 5.41) is 7.29. The number of rotatable bonds is 3. The van der Waals surface area contributed by atoms with Gasteiger partial charge < -0.3 is 9.84 Å². The molecule has 5 heteroatoms. The highest BCUT2D eigenvalue weighted by atomic mass is 32.2. The predicted molar refractivity (Wildman–Crippen MR) is 56.2 cm³/mol. The van der Waals surface area contributed by atoms with Gasteiger partial charge in [-0.15, -0.1) is 0 Å². The standard InChI is InChI=1S/C9H15N3OS/c1-7-11-9(12-13-7)5-10-8-3-2-4-14-6-8/h8,10H,2-6H2,1H3. The summed E-state index contributed by atoms with van der Waals surface area (Å²) >= 11 is 2.02. The van der Waals surface area contributed by atoms with Crippen LogP contribution in [0, 0.1) is 6.92 Å². The molecule has 1 N–H and O–H groups in total. The van der Waals surface area contributed by atoms with Crippen molar-refractivity contribution in [2.75, 3.05) is 11.5 Å². The molecule has 1 aromatic rings. The lowest BCUT2D eigenvalue weighted by Crippen LogP contribution is -2.33. The molecule has 0 amide bonds. The molecule has 0 spiro atoms. The van der Waals surface area contributed by atoms with Crippen LogP contribution in [-0.4, -0.2) is 27.7 Å². The molecule has 1 fully saturated rings. The third-order valence-corrected chi connectivity index (χ3v) is 3.49. The molecule has 1 aliphatic rings. The first-order chi connectivity index (χ1) is 6.84. The zero-order valence-corrected chi connectivity index (χ0v) is 9.14. The fraction of sp³-hybridized carbons (Fsp3) is 0.778. The van der Waals surface area contributed by atoms with E-state index in [1.165, 1.54) is 24.3 Å². The fourth-order valence-electron chi connectivity index (χ4n) is 1.55. The Balaban J connectivity index is 1.76. The Kier molecular flexibility index (Phi) is 3.42. The van der Waals surface area contributed by atoms with Crippen molar-refractivity contribution in [1.82, 2.24) is 15.5 Å². The van der Waals surface area contributed by atoms with Gasteiger partial charge in [0.1, 0.15) is 0 Å². The number of aromatic nitrogens is 2. The van der Waals surface area contributed by atoms with Crippen LogP contribution in [0.2, 0.25) is 0 Å². The van der Waals surface area contributed by atoms with E-state index in [-0.39, 0.29) is 0 Å².